The second-order valence-electron chi connectivity index (χ2n) is 4.83. The molecule has 0 saturated heterocycles. The quantitative estimate of drug-likeness (QED) is 0.729. The molecule has 0 atom stereocenters. The van der Waals surface area contributed by atoms with E-state index in [-0.39, 0.29) is 11.7 Å². The van der Waals surface area contributed by atoms with Crippen molar-refractivity contribution in [2.24, 2.45) is 0 Å². The number of imidazole rings is 1. The second-order valence-corrected chi connectivity index (χ2v) is 4.83. The number of ether oxygens (including phenoxy) is 2. The molecule has 0 aliphatic rings. The molecule has 0 aliphatic heterocycles. The molecule has 2 heterocycles. The van der Waals surface area contributed by atoms with Crippen molar-refractivity contribution >= 4 is 29.0 Å². The van der Waals surface area contributed by atoms with Gasteiger partial charge in [-0.15, -0.1) is 0 Å². The van der Waals surface area contributed by atoms with Crippen LogP contribution in [0.1, 0.15) is 10.4 Å². The molecule has 8 heteroatoms. The van der Waals surface area contributed by atoms with E-state index in [0.717, 1.165) is 0 Å². The average molecular weight is 325 g/mol. The number of fused-ring (bicyclic) bond motifs is 1. The van der Waals surface area contributed by atoms with Gasteiger partial charge in [0.1, 0.15) is 24.2 Å². The van der Waals surface area contributed by atoms with Crippen LogP contribution in [0, 0.1) is 0 Å². The fourth-order valence-electron chi connectivity index (χ4n) is 2.23. The van der Waals surface area contributed by atoms with Gasteiger partial charge in [0.05, 0.1) is 14.2 Å². The van der Waals surface area contributed by atoms with Crippen LogP contribution in [0.5, 0.6) is 11.5 Å². The molecule has 2 N–H and O–H groups in total. The Morgan fingerprint density at radius 3 is 2.79 bits per heavy atom. The predicted molar refractivity (Wildman–Crippen MR) is 88.9 cm³/mol. The van der Waals surface area contributed by atoms with Crippen LogP contribution in [0.2, 0.25) is 0 Å². The molecule has 122 valence electrons. The molecule has 3 aromatic rings. The highest BCUT2D eigenvalue weighted by molar-refractivity contribution is 5.99. The van der Waals surface area contributed by atoms with E-state index in [2.05, 4.69) is 15.0 Å². The standard InChI is InChI=1S/C16H15N5O3/c1-23-11-4-5-12(24-2)10(7-11)3-6-13(22)21-9-20-14-15(17)18-8-19-16(14)21/h3-9H,1-2H3,(H2,17,18,19). The molecule has 0 aliphatic carbocycles. The SMILES string of the molecule is COc1ccc(OC)c(C=CC(=O)n2cnc3c(N)ncnc32)c1. The normalized spacial score (nSPS) is 11.1. The number of carbonyl (C=O) groups excluding carboxylic acids is 1. The molecule has 1 aromatic carbocycles. The Morgan fingerprint density at radius 1 is 1.21 bits per heavy atom. The van der Waals surface area contributed by atoms with Gasteiger partial charge in [-0.3, -0.25) is 4.79 Å². The van der Waals surface area contributed by atoms with Crippen molar-refractivity contribution in [3.05, 3.63) is 42.5 Å². The van der Waals surface area contributed by atoms with Gasteiger partial charge in [0.2, 0.25) is 0 Å². The number of nitrogens with two attached hydrogens (primary N) is 1. The maximum Gasteiger partial charge on any atom is 0.257 e. The smallest absolute Gasteiger partial charge is 0.257 e. The molecule has 0 spiro atoms. The highest BCUT2D eigenvalue weighted by atomic mass is 16.5. The summed E-state index contributed by atoms with van der Waals surface area (Å²) in [7, 11) is 3.13. The first kappa shape index (κ1) is 15.5. The lowest BCUT2D eigenvalue weighted by Crippen LogP contribution is -2.07. The zero-order valence-electron chi connectivity index (χ0n) is 13.1. The number of rotatable bonds is 4. The fourth-order valence-corrected chi connectivity index (χ4v) is 2.23. The van der Waals surface area contributed by atoms with E-state index in [0.29, 0.717) is 28.2 Å². The highest BCUT2D eigenvalue weighted by Gasteiger charge is 2.11. The Hall–Kier alpha value is -3.42. The lowest BCUT2D eigenvalue weighted by molar-refractivity contribution is 0.0973. The van der Waals surface area contributed by atoms with Crippen LogP contribution in [0.4, 0.5) is 5.82 Å². The molecule has 0 fully saturated rings. The Bertz CT molecular complexity index is 933. The lowest BCUT2D eigenvalue weighted by atomic mass is 10.1. The average Bonchev–Trinajstić information content (AvgIpc) is 3.05. The van der Waals surface area contributed by atoms with Crippen molar-refractivity contribution in [1.82, 2.24) is 19.5 Å². The zero-order chi connectivity index (χ0) is 17.1. The van der Waals surface area contributed by atoms with E-state index in [1.807, 2.05) is 0 Å². The molecular weight excluding hydrogens is 310 g/mol. The minimum Gasteiger partial charge on any atom is -0.497 e. The summed E-state index contributed by atoms with van der Waals surface area (Å²) < 4.78 is 11.8. The Morgan fingerprint density at radius 2 is 2.04 bits per heavy atom. The van der Waals surface area contributed by atoms with Crippen LogP contribution in [0.3, 0.4) is 0 Å². The van der Waals surface area contributed by atoms with Gasteiger partial charge in [0.25, 0.3) is 5.91 Å². The summed E-state index contributed by atoms with van der Waals surface area (Å²) >= 11 is 0. The summed E-state index contributed by atoms with van der Waals surface area (Å²) in [6.07, 6.45) is 5.69. The monoisotopic (exact) mass is 325 g/mol. The first-order valence-electron chi connectivity index (χ1n) is 7.02. The van der Waals surface area contributed by atoms with E-state index in [4.69, 9.17) is 15.2 Å². The molecule has 0 bridgehead atoms. The molecule has 0 unspecified atom stereocenters. The van der Waals surface area contributed by atoms with Crippen molar-refractivity contribution in [3.8, 4) is 11.5 Å². The van der Waals surface area contributed by atoms with Crippen molar-refractivity contribution in [1.29, 1.82) is 0 Å². The molecule has 8 nitrogen and oxygen atoms in total. The summed E-state index contributed by atoms with van der Waals surface area (Å²) in [6, 6.07) is 5.32. The zero-order valence-corrected chi connectivity index (χ0v) is 13.1. The van der Waals surface area contributed by atoms with Crippen LogP contribution in [-0.4, -0.2) is 39.6 Å². The summed E-state index contributed by atoms with van der Waals surface area (Å²) in [6.45, 7) is 0. The van der Waals surface area contributed by atoms with Crippen molar-refractivity contribution in [3.63, 3.8) is 0 Å². The largest absolute Gasteiger partial charge is 0.497 e. The number of nitrogen functional groups attached to an aromatic ring is 1. The van der Waals surface area contributed by atoms with Gasteiger partial charge in [-0.1, -0.05) is 0 Å². The third-order valence-electron chi connectivity index (χ3n) is 3.44. The van der Waals surface area contributed by atoms with Gasteiger partial charge >= 0.3 is 0 Å². The molecule has 3 rings (SSSR count). The van der Waals surface area contributed by atoms with Gasteiger partial charge in [0, 0.05) is 11.6 Å². The topological polar surface area (TPSA) is 105 Å². The van der Waals surface area contributed by atoms with Crippen LogP contribution in [-0.2, 0) is 0 Å². The van der Waals surface area contributed by atoms with Crippen LogP contribution < -0.4 is 15.2 Å². The summed E-state index contributed by atoms with van der Waals surface area (Å²) in [5.74, 6) is 1.20. The molecule has 24 heavy (non-hydrogen) atoms. The number of hydrogen-bond acceptors (Lipinski definition) is 7. The maximum atomic E-state index is 12.4. The van der Waals surface area contributed by atoms with E-state index >= 15 is 0 Å². The van der Waals surface area contributed by atoms with Gasteiger partial charge in [-0.2, -0.15) is 0 Å². The first-order chi connectivity index (χ1) is 11.6. The predicted octanol–water partition coefficient (Wildman–Crippen LogP) is 1.78. The number of methoxy groups -OCH3 is 2. The molecular formula is C16H15N5O3. The van der Waals surface area contributed by atoms with Crippen molar-refractivity contribution < 1.29 is 14.3 Å². The maximum absolute atomic E-state index is 12.4. The Kier molecular flexibility index (Phi) is 4.11. The molecule has 0 amide bonds. The highest BCUT2D eigenvalue weighted by Crippen LogP contribution is 2.25. The Labute approximate surface area is 137 Å². The van der Waals surface area contributed by atoms with E-state index in [9.17, 15) is 4.79 Å². The fraction of sp³-hybridized carbons (Fsp3) is 0.125. The second kappa shape index (κ2) is 6.37. The summed E-state index contributed by atoms with van der Waals surface area (Å²) in [4.78, 5) is 24.4. The van der Waals surface area contributed by atoms with Crippen LogP contribution >= 0.6 is 0 Å². The Balaban J connectivity index is 1.94. The number of benzene rings is 1. The number of anilines is 1. The minimum absolute atomic E-state index is 0.227. The lowest BCUT2D eigenvalue weighted by Gasteiger charge is -2.07. The molecule has 0 radical (unpaired) electrons. The van der Waals surface area contributed by atoms with Gasteiger partial charge < -0.3 is 15.2 Å². The number of allylic oxidation sites excluding steroid dienone is 1. The number of hydrogen-bond donors (Lipinski definition) is 1. The minimum atomic E-state index is -0.319. The number of aromatic nitrogens is 4. The number of nitrogens with zero attached hydrogens (tertiary/aromatic N) is 4. The third-order valence-corrected chi connectivity index (χ3v) is 3.44. The van der Waals surface area contributed by atoms with Gasteiger partial charge in [-0.25, -0.2) is 19.5 Å². The van der Waals surface area contributed by atoms with Crippen LogP contribution in [0.25, 0.3) is 17.2 Å². The number of carbonyl (C=O) groups is 1. The molecule has 2 aromatic heterocycles. The molecule has 0 saturated carbocycles. The van der Waals surface area contributed by atoms with Gasteiger partial charge in [-0.05, 0) is 24.3 Å². The summed E-state index contributed by atoms with van der Waals surface area (Å²) in [5.41, 5.74) is 7.17. The van der Waals surface area contributed by atoms with Crippen molar-refractivity contribution in [2.75, 3.05) is 20.0 Å². The van der Waals surface area contributed by atoms with Crippen molar-refractivity contribution in [2.45, 2.75) is 0 Å². The summed E-state index contributed by atoms with van der Waals surface area (Å²) in [5, 5.41) is 0. The van der Waals surface area contributed by atoms with E-state index in [1.54, 1.807) is 38.5 Å². The van der Waals surface area contributed by atoms with Gasteiger partial charge in [0.15, 0.2) is 17.0 Å². The third kappa shape index (κ3) is 2.76. The van der Waals surface area contributed by atoms with Crippen LogP contribution in [0.15, 0.2) is 36.9 Å². The van der Waals surface area contributed by atoms with E-state index < -0.39 is 0 Å². The van der Waals surface area contributed by atoms with E-state index in [1.165, 1.54) is 23.3 Å². The first-order valence-corrected chi connectivity index (χ1v) is 7.02.